The van der Waals surface area contributed by atoms with E-state index in [1.165, 1.54) is 0 Å². The van der Waals surface area contributed by atoms with Gasteiger partial charge in [0.25, 0.3) is 0 Å². The van der Waals surface area contributed by atoms with Crippen molar-refractivity contribution in [3.05, 3.63) is 53.7 Å². The van der Waals surface area contributed by atoms with Crippen LogP contribution in [-0.2, 0) is 0 Å². The molecule has 0 saturated carbocycles. The maximum atomic E-state index is 9.71. The Labute approximate surface area is 127 Å². The maximum Gasteiger partial charge on any atom is 0.124 e. The first kappa shape index (κ1) is 13.5. The van der Waals surface area contributed by atoms with Crippen LogP contribution in [0.5, 0.6) is 11.5 Å². The number of phenols is 1. The smallest absolute Gasteiger partial charge is 0.124 e. The molecule has 21 heavy (non-hydrogen) atoms. The normalized spacial score (nSPS) is 10.6. The average molecular weight is 301 g/mol. The Hall–Kier alpha value is -2.46. The molecule has 0 radical (unpaired) electrons. The van der Waals surface area contributed by atoms with E-state index in [0.29, 0.717) is 10.8 Å². The number of nitrogens with one attached hydrogen (secondary N) is 1. The molecule has 106 valence electrons. The van der Waals surface area contributed by atoms with E-state index < -0.39 is 0 Å². The fraction of sp³-hybridized carbons (Fsp3) is 0.0625. The summed E-state index contributed by atoms with van der Waals surface area (Å²) in [5.41, 5.74) is 2.42. The largest absolute Gasteiger partial charge is 0.508 e. The zero-order chi connectivity index (χ0) is 14.8. The maximum absolute atomic E-state index is 9.71. The van der Waals surface area contributed by atoms with Crippen LogP contribution in [0.25, 0.3) is 10.9 Å². The fourth-order valence-corrected chi connectivity index (χ4v) is 2.33. The third-order valence-corrected chi connectivity index (χ3v) is 3.34. The van der Waals surface area contributed by atoms with Crippen LogP contribution in [0.2, 0.25) is 5.02 Å². The van der Waals surface area contributed by atoms with Crippen molar-refractivity contribution in [1.82, 2.24) is 4.98 Å². The van der Waals surface area contributed by atoms with Crippen molar-refractivity contribution in [3.63, 3.8) is 0 Å². The summed E-state index contributed by atoms with van der Waals surface area (Å²) in [7, 11) is 1.56. The molecule has 0 fully saturated rings. The first-order chi connectivity index (χ1) is 10.2. The number of hydrogen-bond donors (Lipinski definition) is 2. The molecule has 5 heteroatoms. The molecule has 0 unspecified atom stereocenters. The van der Waals surface area contributed by atoms with Gasteiger partial charge in [0.2, 0.25) is 0 Å². The number of nitrogens with zero attached hydrogens (tertiary/aromatic N) is 1. The quantitative estimate of drug-likeness (QED) is 0.755. The van der Waals surface area contributed by atoms with Crippen molar-refractivity contribution in [3.8, 4) is 11.5 Å². The number of pyridine rings is 1. The van der Waals surface area contributed by atoms with Crippen molar-refractivity contribution in [2.24, 2.45) is 0 Å². The molecule has 1 aromatic heterocycles. The third kappa shape index (κ3) is 2.85. The van der Waals surface area contributed by atoms with E-state index in [1.807, 2.05) is 18.2 Å². The summed E-state index contributed by atoms with van der Waals surface area (Å²) in [6, 6.07) is 12.4. The number of phenolic OH excluding ortho intramolecular Hbond substituents is 1. The first-order valence-corrected chi connectivity index (χ1v) is 6.73. The molecule has 0 aliphatic heterocycles. The molecule has 0 atom stereocenters. The summed E-state index contributed by atoms with van der Waals surface area (Å²) in [5.74, 6) is 0.710. The van der Waals surface area contributed by atoms with Crippen LogP contribution in [-0.4, -0.2) is 17.2 Å². The first-order valence-electron chi connectivity index (χ1n) is 6.35. The number of anilines is 2. The number of hydrogen-bond acceptors (Lipinski definition) is 4. The lowest BCUT2D eigenvalue weighted by atomic mass is 10.1. The van der Waals surface area contributed by atoms with Gasteiger partial charge in [0.15, 0.2) is 0 Å². The number of ether oxygens (including phenoxy) is 1. The number of rotatable bonds is 3. The lowest BCUT2D eigenvalue weighted by Crippen LogP contribution is -1.93. The molecule has 0 spiro atoms. The fourth-order valence-electron chi connectivity index (χ4n) is 2.16. The van der Waals surface area contributed by atoms with E-state index in [0.717, 1.165) is 22.3 Å². The lowest BCUT2D eigenvalue weighted by Gasteiger charge is -2.11. The van der Waals surface area contributed by atoms with Crippen LogP contribution >= 0.6 is 11.6 Å². The van der Waals surface area contributed by atoms with Crippen molar-refractivity contribution < 1.29 is 9.84 Å². The molecular formula is C16H13ClN2O2. The Morgan fingerprint density at radius 2 is 2.00 bits per heavy atom. The molecular weight excluding hydrogens is 288 g/mol. The predicted molar refractivity (Wildman–Crippen MR) is 84.7 cm³/mol. The second-order valence-corrected chi connectivity index (χ2v) is 5.00. The van der Waals surface area contributed by atoms with Gasteiger partial charge in [0, 0.05) is 46.2 Å². The number of benzene rings is 2. The van der Waals surface area contributed by atoms with Crippen LogP contribution in [0.3, 0.4) is 0 Å². The standard InChI is InChI=1S/C16H13ClN2O2/c1-21-13-8-11(7-12(20)9-13)19-16-4-5-18-15-3-2-10(17)6-14(15)16/h2-9,20H,1H3,(H,18,19). The van der Waals surface area contributed by atoms with E-state index in [4.69, 9.17) is 16.3 Å². The second-order valence-electron chi connectivity index (χ2n) is 4.56. The molecule has 0 aliphatic rings. The monoisotopic (exact) mass is 300 g/mol. The van der Waals surface area contributed by atoms with E-state index in [-0.39, 0.29) is 5.75 Å². The summed E-state index contributed by atoms with van der Waals surface area (Å²) in [5, 5.41) is 14.5. The van der Waals surface area contributed by atoms with Crippen molar-refractivity contribution in [2.45, 2.75) is 0 Å². The van der Waals surface area contributed by atoms with E-state index in [2.05, 4.69) is 10.3 Å². The topological polar surface area (TPSA) is 54.4 Å². The minimum Gasteiger partial charge on any atom is -0.508 e. The van der Waals surface area contributed by atoms with Gasteiger partial charge < -0.3 is 15.2 Å². The molecule has 0 amide bonds. The predicted octanol–water partition coefficient (Wildman–Crippen LogP) is 4.35. The van der Waals surface area contributed by atoms with Crippen LogP contribution in [0.4, 0.5) is 11.4 Å². The Balaban J connectivity index is 2.05. The molecule has 4 nitrogen and oxygen atoms in total. The summed E-state index contributed by atoms with van der Waals surface area (Å²) >= 11 is 6.05. The highest BCUT2D eigenvalue weighted by atomic mass is 35.5. The molecule has 2 aromatic carbocycles. The Morgan fingerprint density at radius 3 is 2.81 bits per heavy atom. The third-order valence-electron chi connectivity index (χ3n) is 3.11. The summed E-state index contributed by atoms with van der Waals surface area (Å²) in [6.07, 6.45) is 1.72. The Kier molecular flexibility index (Phi) is 3.54. The van der Waals surface area contributed by atoms with Gasteiger partial charge in [-0.2, -0.15) is 0 Å². The molecule has 0 bridgehead atoms. The van der Waals surface area contributed by atoms with Crippen LogP contribution in [0, 0.1) is 0 Å². The van der Waals surface area contributed by atoms with Gasteiger partial charge in [-0.25, -0.2) is 0 Å². The average Bonchev–Trinajstić information content (AvgIpc) is 2.47. The molecule has 1 heterocycles. The highest BCUT2D eigenvalue weighted by molar-refractivity contribution is 6.31. The van der Waals surface area contributed by atoms with Gasteiger partial charge in [-0.3, -0.25) is 4.98 Å². The van der Waals surface area contributed by atoms with E-state index >= 15 is 0 Å². The van der Waals surface area contributed by atoms with Crippen LogP contribution < -0.4 is 10.1 Å². The van der Waals surface area contributed by atoms with E-state index in [9.17, 15) is 5.11 Å². The highest BCUT2D eigenvalue weighted by Gasteiger charge is 2.05. The number of aromatic nitrogens is 1. The summed E-state index contributed by atoms with van der Waals surface area (Å²) in [4.78, 5) is 4.30. The number of fused-ring (bicyclic) bond motifs is 1. The minimum absolute atomic E-state index is 0.133. The Morgan fingerprint density at radius 1 is 1.14 bits per heavy atom. The molecule has 3 rings (SSSR count). The Bertz CT molecular complexity index is 805. The van der Waals surface area contributed by atoms with Gasteiger partial charge in [0.05, 0.1) is 12.6 Å². The lowest BCUT2D eigenvalue weighted by molar-refractivity contribution is 0.408. The van der Waals surface area contributed by atoms with Gasteiger partial charge >= 0.3 is 0 Å². The van der Waals surface area contributed by atoms with E-state index in [1.54, 1.807) is 37.6 Å². The molecule has 2 N–H and O–H groups in total. The van der Waals surface area contributed by atoms with Gasteiger partial charge in [-0.1, -0.05) is 11.6 Å². The SMILES string of the molecule is COc1cc(O)cc(Nc2ccnc3ccc(Cl)cc23)c1. The van der Waals surface area contributed by atoms with Crippen LogP contribution in [0.15, 0.2) is 48.7 Å². The zero-order valence-corrected chi connectivity index (χ0v) is 12.1. The zero-order valence-electron chi connectivity index (χ0n) is 11.3. The van der Waals surface area contributed by atoms with Crippen molar-refractivity contribution in [2.75, 3.05) is 12.4 Å². The summed E-state index contributed by atoms with van der Waals surface area (Å²) < 4.78 is 5.15. The number of halogens is 1. The van der Waals surface area contributed by atoms with Crippen LogP contribution in [0.1, 0.15) is 0 Å². The highest BCUT2D eigenvalue weighted by Crippen LogP contribution is 2.31. The minimum atomic E-state index is 0.133. The molecule has 3 aromatic rings. The van der Waals surface area contributed by atoms with Gasteiger partial charge in [0.1, 0.15) is 11.5 Å². The van der Waals surface area contributed by atoms with Gasteiger partial charge in [-0.05, 0) is 24.3 Å². The number of methoxy groups -OCH3 is 1. The second kappa shape index (κ2) is 5.50. The van der Waals surface area contributed by atoms with Gasteiger partial charge in [-0.15, -0.1) is 0 Å². The number of aromatic hydroxyl groups is 1. The van der Waals surface area contributed by atoms with Crippen molar-refractivity contribution >= 4 is 33.9 Å². The molecule has 0 saturated heterocycles. The summed E-state index contributed by atoms with van der Waals surface area (Å²) in [6.45, 7) is 0. The molecule has 0 aliphatic carbocycles. The van der Waals surface area contributed by atoms with Crippen molar-refractivity contribution in [1.29, 1.82) is 0 Å².